The zero-order valence-electron chi connectivity index (χ0n) is 32.1. The topological polar surface area (TPSA) is 54.1 Å². The number of rotatable bonds is 6. The van der Waals surface area contributed by atoms with E-state index in [1.165, 1.54) is 27.8 Å². The number of methoxy groups -OCH3 is 1. The average molecular weight is 681 g/mol. The monoisotopic (exact) mass is 680 g/mol. The van der Waals surface area contributed by atoms with E-state index >= 15 is 0 Å². The van der Waals surface area contributed by atoms with Gasteiger partial charge in [-0.3, -0.25) is 4.57 Å². The lowest BCUT2D eigenvalue weighted by atomic mass is 9.69. The van der Waals surface area contributed by atoms with Gasteiger partial charge in [-0.2, -0.15) is 5.10 Å². The molecule has 0 saturated carbocycles. The average Bonchev–Trinajstić information content (AvgIpc) is 3.61. The first-order valence-corrected chi connectivity index (χ1v) is 18.2. The minimum Gasteiger partial charge on any atom is -0.457 e. The summed E-state index contributed by atoms with van der Waals surface area (Å²) < 4.78 is 17.0. The van der Waals surface area contributed by atoms with Crippen LogP contribution in [-0.4, -0.2) is 32.5 Å². The molecular formula is C45H52N4O2. The molecule has 0 aliphatic heterocycles. The van der Waals surface area contributed by atoms with Crippen LogP contribution in [0.4, 0.5) is 0 Å². The summed E-state index contributed by atoms with van der Waals surface area (Å²) in [6.45, 7) is 22.7. The van der Waals surface area contributed by atoms with Crippen LogP contribution in [-0.2, 0) is 15.6 Å². The first-order chi connectivity index (χ1) is 24.1. The third-order valence-electron chi connectivity index (χ3n) is 10.4. The molecule has 0 N–H and O–H groups in total. The Morgan fingerprint density at radius 3 is 2.20 bits per heavy atom. The van der Waals surface area contributed by atoms with Crippen molar-refractivity contribution in [3.8, 4) is 23.0 Å². The normalized spacial score (nSPS) is 18.4. The van der Waals surface area contributed by atoms with E-state index in [2.05, 4.69) is 151 Å². The molecule has 6 heteroatoms. The van der Waals surface area contributed by atoms with Gasteiger partial charge in [0.25, 0.3) is 0 Å². The van der Waals surface area contributed by atoms with Crippen molar-refractivity contribution in [1.82, 2.24) is 19.3 Å². The maximum Gasteiger partial charge on any atom is 0.137 e. The van der Waals surface area contributed by atoms with Crippen LogP contribution >= 0.6 is 0 Å². The molecule has 1 aliphatic rings. The second-order valence-corrected chi connectivity index (χ2v) is 16.7. The molecule has 0 radical (unpaired) electrons. The smallest absolute Gasteiger partial charge is 0.137 e. The van der Waals surface area contributed by atoms with Crippen LogP contribution in [0, 0.1) is 19.8 Å². The number of hydrogen-bond acceptors (Lipinski definition) is 4. The first kappa shape index (κ1) is 34.8. The first-order valence-electron chi connectivity index (χ1n) is 18.2. The Kier molecular flexibility index (Phi) is 8.74. The van der Waals surface area contributed by atoms with Gasteiger partial charge in [0.05, 0.1) is 34.2 Å². The third kappa shape index (κ3) is 6.40. The summed E-state index contributed by atoms with van der Waals surface area (Å²) in [5, 5.41) is 7.85. The van der Waals surface area contributed by atoms with Crippen LogP contribution in [0.3, 0.4) is 0 Å². The molecule has 0 amide bonds. The fourth-order valence-corrected chi connectivity index (χ4v) is 8.23. The van der Waals surface area contributed by atoms with Crippen molar-refractivity contribution in [2.24, 2.45) is 5.92 Å². The summed E-state index contributed by atoms with van der Waals surface area (Å²) in [6, 6.07) is 25.5. The van der Waals surface area contributed by atoms with E-state index in [0.29, 0.717) is 5.92 Å². The van der Waals surface area contributed by atoms with E-state index in [4.69, 9.17) is 19.6 Å². The second-order valence-electron chi connectivity index (χ2n) is 16.7. The van der Waals surface area contributed by atoms with Crippen LogP contribution < -0.4 is 4.74 Å². The molecular weight excluding hydrogens is 629 g/mol. The van der Waals surface area contributed by atoms with E-state index in [9.17, 15) is 0 Å². The van der Waals surface area contributed by atoms with Crippen molar-refractivity contribution in [2.45, 2.75) is 98.5 Å². The minimum atomic E-state index is -0.170. The van der Waals surface area contributed by atoms with E-state index in [1.54, 1.807) is 0 Å². The highest BCUT2D eigenvalue weighted by Crippen LogP contribution is 2.48. The number of fused-ring (bicyclic) bond motifs is 3. The summed E-state index contributed by atoms with van der Waals surface area (Å²) in [7, 11) is 1.82. The lowest BCUT2D eigenvalue weighted by Gasteiger charge is -2.36. The van der Waals surface area contributed by atoms with Crippen LogP contribution in [0.15, 0.2) is 90.6 Å². The zero-order valence-corrected chi connectivity index (χ0v) is 32.1. The number of pyridine rings is 1. The van der Waals surface area contributed by atoms with Gasteiger partial charge in [-0.15, -0.1) is 0 Å². The van der Waals surface area contributed by atoms with Crippen LogP contribution in [0.1, 0.15) is 95.8 Å². The van der Waals surface area contributed by atoms with E-state index in [-0.39, 0.29) is 22.9 Å². The van der Waals surface area contributed by atoms with E-state index in [0.717, 1.165) is 57.1 Å². The fourth-order valence-electron chi connectivity index (χ4n) is 8.23. The molecule has 6 nitrogen and oxygen atoms in total. The Morgan fingerprint density at radius 2 is 1.51 bits per heavy atom. The largest absolute Gasteiger partial charge is 0.457 e. The fraction of sp³-hybridized carbons (Fsp3) is 0.378. The molecule has 0 saturated heterocycles. The summed E-state index contributed by atoms with van der Waals surface area (Å²) in [5.74, 6) is 3.12. The predicted octanol–water partition coefficient (Wildman–Crippen LogP) is 11.5. The van der Waals surface area contributed by atoms with E-state index < -0.39 is 0 Å². The number of benzene rings is 3. The van der Waals surface area contributed by atoms with Crippen molar-refractivity contribution in [3.05, 3.63) is 119 Å². The molecule has 264 valence electrons. The quantitative estimate of drug-likeness (QED) is 0.164. The van der Waals surface area contributed by atoms with E-state index in [1.807, 2.05) is 19.4 Å². The van der Waals surface area contributed by atoms with Crippen molar-refractivity contribution >= 4 is 21.8 Å². The van der Waals surface area contributed by atoms with Crippen LogP contribution in [0.5, 0.6) is 11.5 Å². The highest BCUT2D eigenvalue weighted by atomic mass is 16.5. The highest BCUT2D eigenvalue weighted by Gasteiger charge is 2.40. The SMILES string of the molecule is COC1C=C(C)[C@@H](c2c(C(C)(C)C)nn(-c3cc(C)cc(Oc4ccc5c6ccccc6n(-c6cc(C)ccn6)c5c4)c3)c2C(C)(C)C)[C@@H](C)C1. The lowest BCUT2D eigenvalue weighted by Crippen LogP contribution is -2.29. The molecule has 0 spiro atoms. The molecule has 0 fully saturated rings. The molecule has 3 aromatic carbocycles. The second kappa shape index (κ2) is 12.8. The summed E-state index contributed by atoms with van der Waals surface area (Å²) in [4.78, 5) is 4.76. The van der Waals surface area contributed by atoms with Gasteiger partial charge in [0.1, 0.15) is 17.3 Å². The number of hydrogen-bond donors (Lipinski definition) is 0. The summed E-state index contributed by atoms with van der Waals surface area (Å²) >= 11 is 0. The Balaban J connectivity index is 1.36. The van der Waals surface area contributed by atoms with Gasteiger partial charge >= 0.3 is 0 Å². The molecule has 1 unspecified atom stereocenters. The summed E-state index contributed by atoms with van der Waals surface area (Å²) in [6.07, 6.45) is 5.33. The van der Waals surface area contributed by atoms with Gasteiger partial charge in [0.15, 0.2) is 0 Å². The van der Waals surface area contributed by atoms with Gasteiger partial charge in [-0.1, -0.05) is 78.3 Å². The van der Waals surface area contributed by atoms with Gasteiger partial charge in [0.2, 0.25) is 0 Å². The molecule has 0 bridgehead atoms. The van der Waals surface area contributed by atoms with Gasteiger partial charge in [0, 0.05) is 58.5 Å². The number of aryl methyl sites for hydroxylation is 2. The van der Waals surface area contributed by atoms with Crippen molar-refractivity contribution in [1.29, 1.82) is 0 Å². The van der Waals surface area contributed by atoms with Gasteiger partial charge in [-0.05, 0) is 86.7 Å². The molecule has 3 aromatic heterocycles. The Labute approximate surface area is 303 Å². The number of ether oxygens (including phenoxy) is 2. The van der Waals surface area contributed by atoms with Gasteiger partial charge in [-0.25, -0.2) is 9.67 Å². The van der Waals surface area contributed by atoms with Crippen LogP contribution in [0.2, 0.25) is 0 Å². The lowest BCUT2D eigenvalue weighted by molar-refractivity contribution is 0.108. The molecule has 1 aliphatic carbocycles. The number of nitrogens with zero attached hydrogens (tertiary/aromatic N) is 4. The highest BCUT2D eigenvalue weighted by molar-refractivity contribution is 6.09. The minimum absolute atomic E-state index is 0.146. The van der Waals surface area contributed by atoms with Gasteiger partial charge < -0.3 is 9.47 Å². The zero-order chi connectivity index (χ0) is 36.4. The summed E-state index contributed by atoms with van der Waals surface area (Å²) in [5.41, 5.74) is 10.3. The Morgan fingerprint density at radius 1 is 0.765 bits per heavy atom. The molecule has 6 aromatic rings. The molecule has 51 heavy (non-hydrogen) atoms. The number of para-hydroxylation sites is 1. The molecule has 3 atom stereocenters. The molecule has 3 heterocycles. The van der Waals surface area contributed by atoms with Crippen LogP contribution in [0.25, 0.3) is 33.3 Å². The Bertz CT molecular complexity index is 2290. The third-order valence-corrected chi connectivity index (χ3v) is 10.4. The number of aromatic nitrogens is 4. The maximum atomic E-state index is 6.75. The van der Waals surface area contributed by atoms with Crippen molar-refractivity contribution < 1.29 is 9.47 Å². The maximum absolute atomic E-state index is 6.75. The standard InChI is InChI=1S/C45H52N4O2/c1-27-18-19-46-39(22-27)48-37-15-13-12-14-35(37)36-17-16-32(26-38(36)48)51-34-21-28(2)20-31(25-34)49-43(45(8,9)10)41(42(47-49)44(5,6)7)40-29(3)23-33(50-11)24-30(40)4/h12-23,25-26,30,33,40H,24H2,1-11H3/t30-,33?,40+/m0/s1. The van der Waals surface area contributed by atoms with Crippen molar-refractivity contribution in [3.63, 3.8) is 0 Å². The Hall–Kier alpha value is -4.68. The van der Waals surface area contributed by atoms with Crippen molar-refractivity contribution in [2.75, 3.05) is 7.11 Å². The predicted molar refractivity (Wildman–Crippen MR) is 210 cm³/mol. The number of allylic oxidation sites excluding steroid dienone is 1. The molecule has 7 rings (SSSR count).